The van der Waals surface area contributed by atoms with E-state index in [1.54, 1.807) is 0 Å². The lowest BCUT2D eigenvalue weighted by Gasteiger charge is -2.34. The maximum atomic E-state index is 14.4. The number of H-pyrrole nitrogens is 1. The van der Waals surface area contributed by atoms with Crippen molar-refractivity contribution in [3.63, 3.8) is 0 Å². The molecule has 4 rings (SSSR count). The second-order valence-electron chi connectivity index (χ2n) is 15.5. The average molecular weight is 774 g/mol. The van der Waals surface area contributed by atoms with Crippen molar-refractivity contribution in [2.45, 2.75) is 169 Å². The Labute approximate surface area is 335 Å². The minimum absolute atomic E-state index is 0.343. The quantitative estimate of drug-likeness (QED) is 0.0527. The number of fused-ring (bicyclic) bond motifs is 1. The Bertz CT molecular complexity index is 1760. The monoisotopic (exact) mass is 773 g/mol. The molecular formula is C46H67N3O5S. The Balaban J connectivity index is 1.64. The first kappa shape index (κ1) is 44.0. The normalized spacial score (nSPS) is 14.6. The standard InChI is InChI=1S/C46H67N3O5S/c1-9-11-12-13-14-15-16-17-18-19-20-21-22-24-35-25-23-26-39(52-10-2)41(35)43-40(44(50)53-31(3)4)34(8)47-38(42(43)45(51)54-32(5)6)30-55-46-48-36-28-27-33(7)29-37(36)49-46/h23,25-29,31-32,43,47H,9-22,24,30H2,1-8H3,(H,48,49). The SMILES string of the molecule is CCCCCCCCCCCCCCCc1cccc(OCC)c1C1C(C(=O)OC(C)C)=C(C)NC(CSc2nc3ccc(C)cc3[nH]2)=C1C(=O)OC(C)C. The van der Waals surface area contributed by atoms with Gasteiger partial charge in [0.15, 0.2) is 5.16 Å². The van der Waals surface area contributed by atoms with Gasteiger partial charge < -0.3 is 24.5 Å². The molecule has 2 N–H and O–H groups in total. The lowest BCUT2D eigenvalue weighted by atomic mass is 9.77. The van der Waals surface area contributed by atoms with Gasteiger partial charge in [-0.1, -0.05) is 114 Å². The number of unbranched alkanes of at least 4 members (excludes halogenated alkanes) is 12. The molecule has 0 saturated heterocycles. The molecule has 1 aromatic heterocycles. The fourth-order valence-electron chi connectivity index (χ4n) is 7.42. The van der Waals surface area contributed by atoms with Crippen molar-refractivity contribution in [1.82, 2.24) is 15.3 Å². The molecule has 1 aliphatic heterocycles. The molecule has 0 aliphatic carbocycles. The van der Waals surface area contributed by atoms with Crippen LogP contribution in [0, 0.1) is 6.92 Å². The summed E-state index contributed by atoms with van der Waals surface area (Å²) in [4.78, 5) is 36.7. The van der Waals surface area contributed by atoms with Gasteiger partial charge in [0.05, 0.1) is 46.9 Å². The van der Waals surface area contributed by atoms with Gasteiger partial charge in [-0.25, -0.2) is 14.6 Å². The van der Waals surface area contributed by atoms with E-state index in [4.69, 9.17) is 19.2 Å². The van der Waals surface area contributed by atoms with Gasteiger partial charge in [-0.15, -0.1) is 0 Å². The topological polar surface area (TPSA) is 103 Å². The minimum Gasteiger partial charge on any atom is -0.494 e. The van der Waals surface area contributed by atoms with E-state index >= 15 is 0 Å². The second-order valence-corrected chi connectivity index (χ2v) is 16.5. The number of nitrogens with one attached hydrogen (secondary N) is 2. The Morgan fingerprint density at radius 3 is 1.98 bits per heavy atom. The molecule has 3 aromatic rings. The first-order chi connectivity index (χ1) is 26.5. The molecule has 0 saturated carbocycles. The lowest BCUT2D eigenvalue weighted by molar-refractivity contribution is -0.143. The number of aromatic nitrogens is 2. The third-order valence-corrected chi connectivity index (χ3v) is 10.9. The Kier molecular flexibility index (Phi) is 18.2. The van der Waals surface area contributed by atoms with Crippen LogP contribution in [0.5, 0.6) is 5.75 Å². The van der Waals surface area contributed by atoms with Crippen molar-refractivity contribution in [3.8, 4) is 5.75 Å². The van der Waals surface area contributed by atoms with Crippen molar-refractivity contribution in [1.29, 1.82) is 0 Å². The summed E-state index contributed by atoms with van der Waals surface area (Å²) in [5.74, 6) is -0.625. The van der Waals surface area contributed by atoms with E-state index < -0.39 is 17.9 Å². The average Bonchev–Trinajstić information content (AvgIpc) is 3.54. The van der Waals surface area contributed by atoms with Crippen molar-refractivity contribution in [3.05, 3.63) is 75.6 Å². The Morgan fingerprint density at radius 1 is 0.782 bits per heavy atom. The van der Waals surface area contributed by atoms with Gasteiger partial charge in [0, 0.05) is 22.7 Å². The molecule has 0 spiro atoms. The third kappa shape index (κ3) is 13.2. The molecule has 1 aliphatic rings. The molecule has 1 atom stereocenters. The van der Waals surface area contributed by atoms with E-state index in [1.807, 2.05) is 65.8 Å². The molecule has 302 valence electrons. The van der Waals surface area contributed by atoms with E-state index in [9.17, 15) is 9.59 Å². The smallest absolute Gasteiger partial charge is 0.337 e. The highest BCUT2D eigenvalue weighted by molar-refractivity contribution is 7.99. The van der Waals surface area contributed by atoms with Gasteiger partial charge >= 0.3 is 11.9 Å². The first-order valence-electron chi connectivity index (χ1n) is 21.0. The summed E-state index contributed by atoms with van der Waals surface area (Å²) >= 11 is 1.50. The molecule has 55 heavy (non-hydrogen) atoms. The molecular weight excluding hydrogens is 707 g/mol. The highest BCUT2D eigenvalue weighted by Crippen LogP contribution is 2.46. The Hall–Kier alpha value is -3.72. The molecule has 2 heterocycles. The van der Waals surface area contributed by atoms with Crippen molar-refractivity contribution in [2.75, 3.05) is 12.4 Å². The number of benzene rings is 2. The Morgan fingerprint density at radius 2 is 1.38 bits per heavy atom. The predicted molar refractivity (Wildman–Crippen MR) is 227 cm³/mol. The van der Waals surface area contributed by atoms with Crippen molar-refractivity contribution in [2.24, 2.45) is 0 Å². The second kappa shape index (κ2) is 22.7. The maximum absolute atomic E-state index is 14.4. The number of rotatable bonds is 24. The number of dihydropyridines is 1. The number of hydrogen-bond donors (Lipinski definition) is 2. The van der Waals surface area contributed by atoms with Gasteiger partial charge in [-0.3, -0.25) is 0 Å². The molecule has 8 nitrogen and oxygen atoms in total. The summed E-state index contributed by atoms with van der Waals surface area (Å²) in [6.45, 7) is 16.0. The van der Waals surface area contributed by atoms with Crippen LogP contribution < -0.4 is 10.1 Å². The molecule has 0 amide bonds. The molecule has 0 bridgehead atoms. The van der Waals surface area contributed by atoms with Gasteiger partial charge in [-0.2, -0.15) is 0 Å². The molecule has 2 aromatic carbocycles. The van der Waals surface area contributed by atoms with E-state index in [0.29, 0.717) is 40.6 Å². The zero-order valence-electron chi connectivity index (χ0n) is 34.9. The number of aryl methyl sites for hydroxylation is 2. The number of carbonyl (C=O) groups is 2. The molecule has 0 radical (unpaired) electrons. The number of ether oxygens (including phenoxy) is 3. The predicted octanol–water partition coefficient (Wildman–Crippen LogP) is 11.8. The van der Waals surface area contributed by atoms with E-state index in [0.717, 1.165) is 52.1 Å². The number of aromatic amines is 1. The summed E-state index contributed by atoms with van der Waals surface area (Å²) < 4.78 is 18.2. The fraction of sp³-hybridized carbons (Fsp3) is 0.587. The van der Waals surface area contributed by atoms with Crippen LogP contribution in [0.15, 0.2) is 64.1 Å². The number of imidazole rings is 1. The van der Waals surface area contributed by atoms with Crippen LogP contribution in [0.25, 0.3) is 11.0 Å². The number of nitrogens with zero attached hydrogens (tertiary/aromatic N) is 1. The number of carbonyl (C=O) groups excluding carboxylic acids is 2. The lowest BCUT2D eigenvalue weighted by Crippen LogP contribution is -2.35. The number of allylic oxidation sites excluding steroid dienone is 1. The highest BCUT2D eigenvalue weighted by Gasteiger charge is 2.42. The van der Waals surface area contributed by atoms with E-state index in [2.05, 4.69) is 36.3 Å². The van der Waals surface area contributed by atoms with Crippen LogP contribution in [-0.2, 0) is 25.5 Å². The van der Waals surface area contributed by atoms with Crippen LogP contribution in [0.3, 0.4) is 0 Å². The first-order valence-corrected chi connectivity index (χ1v) is 22.0. The molecule has 0 fully saturated rings. The molecule has 1 unspecified atom stereocenters. The van der Waals surface area contributed by atoms with Crippen LogP contribution in [0.4, 0.5) is 0 Å². The van der Waals surface area contributed by atoms with Crippen molar-refractivity contribution >= 4 is 34.7 Å². The molecule has 9 heteroatoms. The summed E-state index contributed by atoms with van der Waals surface area (Å²) in [6.07, 6.45) is 16.8. The highest BCUT2D eigenvalue weighted by atomic mass is 32.2. The summed E-state index contributed by atoms with van der Waals surface area (Å²) in [5, 5.41) is 4.20. The number of hydrogen-bond acceptors (Lipinski definition) is 8. The van der Waals surface area contributed by atoms with Gasteiger partial charge in [-0.05, 0) is 90.6 Å². The van der Waals surface area contributed by atoms with Crippen molar-refractivity contribution < 1.29 is 23.8 Å². The zero-order valence-corrected chi connectivity index (χ0v) is 35.7. The van der Waals surface area contributed by atoms with Crippen LogP contribution in [-0.4, -0.2) is 46.5 Å². The number of esters is 2. The maximum Gasteiger partial charge on any atom is 0.337 e. The van der Waals surface area contributed by atoms with E-state index in [1.165, 1.54) is 82.4 Å². The largest absolute Gasteiger partial charge is 0.494 e. The summed E-state index contributed by atoms with van der Waals surface area (Å²) in [5.41, 5.74) is 7.01. The van der Waals surface area contributed by atoms with Crippen LogP contribution in [0.2, 0.25) is 0 Å². The van der Waals surface area contributed by atoms with Gasteiger partial charge in [0.1, 0.15) is 5.75 Å². The fourth-order valence-corrected chi connectivity index (χ4v) is 8.28. The van der Waals surface area contributed by atoms with Gasteiger partial charge in [0.2, 0.25) is 0 Å². The van der Waals surface area contributed by atoms with Crippen LogP contribution >= 0.6 is 11.8 Å². The zero-order chi connectivity index (χ0) is 39.7. The summed E-state index contributed by atoms with van der Waals surface area (Å²) in [7, 11) is 0. The van der Waals surface area contributed by atoms with Crippen LogP contribution in [0.1, 0.15) is 155 Å². The minimum atomic E-state index is -0.757. The summed E-state index contributed by atoms with van der Waals surface area (Å²) in [6, 6.07) is 12.2. The van der Waals surface area contributed by atoms with E-state index in [-0.39, 0.29) is 12.2 Å². The van der Waals surface area contributed by atoms with Gasteiger partial charge in [0.25, 0.3) is 0 Å². The third-order valence-electron chi connectivity index (χ3n) is 10.0. The number of thioether (sulfide) groups is 1.